The number of rotatable bonds is 12. The highest BCUT2D eigenvalue weighted by Crippen LogP contribution is 2.56. The molecule has 2 amide bonds. The van der Waals surface area contributed by atoms with E-state index in [9.17, 15) is 23.9 Å². The third-order valence-corrected chi connectivity index (χ3v) is 10.2. The third-order valence-electron chi connectivity index (χ3n) is 10.2. The van der Waals surface area contributed by atoms with Gasteiger partial charge in [-0.2, -0.15) is 5.10 Å². The number of aromatic nitrogens is 3. The molecule has 0 radical (unpaired) electrons. The van der Waals surface area contributed by atoms with Crippen LogP contribution in [-0.2, 0) is 9.53 Å². The van der Waals surface area contributed by atoms with E-state index in [0.29, 0.717) is 45.3 Å². The summed E-state index contributed by atoms with van der Waals surface area (Å²) in [6, 6.07) is 1.53. The number of fused-ring (bicyclic) bond motifs is 4. The zero-order valence-electron chi connectivity index (χ0n) is 26.8. The highest BCUT2D eigenvalue weighted by molar-refractivity contribution is 5.98. The molecule has 11 nitrogen and oxygen atoms in total. The number of carbonyl (C=O) groups excluding carboxylic acids is 2. The molecule has 2 heterocycles. The van der Waals surface area contributed by atoms with Gasteiger partial charge < -0.3 is 25.8 Å². The van der Waals surface area contributed by atoms with Crippen LogP contribution in [0.4, 0.5) is 4.39 Å². The SMILES string of the molecule is CC(COC1=C(NC(C)C)C=C(CNC(=O)c2cc(C(=O)NCC34CCC(C(=O)O)(CC3)CC4)n3ncc(F)c3n2)CC1)=C1CC1. The van der Waals surface area contributed by atoms with Gasteiger partial charge in [-0.1, -0.05) is 5.57 Å². The first-order valence-corrected chi connectivity index (χ1v) is 16.3. The summed E-state index contributed by atoms with van der Waals surface area (Å²) in [6.07, 6.45) is 10.7. The molecule has 5 aliphatic rings. The van der Waals surface area contributed by atoms with Gasteiger partial charge in [-0.15, -0.1) is 0 Å². The van der Waals surface area contributed by atoms with Gasteiger partial charge in [0, 0.05) is 31.6 Å². The fourth-order valence-electron chi connectivity index (χ4n) is 6.98. The average molecular weight is 635 g/mol. The van der Waals surface area contributed by atoms with E-state index >= 15 is 0 Å². The number of nitrogens with zero attached hydrogens (tertiary/aromatic N) is 3. The second kappa shape index (κ2) is 12.5. The van der Waals surface area contributed by atoms with Crippen molar-refractivity contribution in [1.82, 2.24) is 30.5 Å². The van der Waals surface area contributed by atoms with E-state index in [0.717, 1.165) is 59.8 Å². The van der Waals surface area contributed by atoms with Gasteiger partial charge in [0.2, 0.25) is 0 Å². The van der Waals surface area contributed by atoms with Gasteiger partial charge in [-0.25, -0.2) is 13.9 Å². The number of carboxylic acid groups (broad SMARTS) is 1. The largest absolute Gasteiger partial charge is 0.491 e. The van der Waals surface area contributed by atoms with Gasteiger partial charge in [0.25, 0.3) is 11.8 Å². The lowest BCUT2D eigenvalue weighted by Crippen LogP contribution is -2.50. The summed E-state index contributed by atoms with van der Waals surface area (Å²) in [5.41, 5.74) is 3.57. The number of carbonyl (C=O) groups is 3. The van der Waals surface area contributed by atoms with Crippen LogP contribution in [0.3, 0.4) is 0 Å². The molecule has 2 bridgehead atoms. The van der Waals surface area contributed by atoms with Crippen molar-refractivity contribution < 1.29 is 28.6 Å². The molecule has 2 aromatic heterocycles. The molecule has 0 spiro atoms. The summed E-state index contributed by atoms with van der Waals surface area (Å²) in [4.78, 5) is 42.7. The van der Waals surface area contributed by atoms with Crippen molar-refractivity contribution >= 4 is 23.4 Å². The molecular weight excluding hydrogens is 591 g/mol. The van der Waals surface area contributed by atoms with Crippen molar-refractivity contribution in [1.29, 1.82) is 0 Å². The summed E-state index contributed by atoms with van der Waals surface area (Å²) >= 11 is 0. The van der Waals surface area contributed by atoms with Crippen LogP contribution in [0.15, 0.2) is 46.5 Å². The molecule has 5 aliphatic carbocycles. The molecular formula is C34H43FN6O5. The zero-order chi connectivity index (χ0) is 32.6. The quantitative estimate of drug-likeness (QED) is 0.243. The maximum absolute atomic E-state index is 14.7. The lowest BCUT2D eigenvalue weighted by Gasteiger charge is -2.51. The molecule has 7 rings (SSSR count). The molecule has 4 N–H and O–H groups in total. The predicted octanol–water partition coefficient (Wildman–Crippen LogP) is 4.81. The molecule has 0 saturated heterocycles. The minimum Gasteiger partial charge on any atom is -0.491 e. The molecule has 0 aliphatic heterocycles. The number of halogens is 1. The Labute approximate surface area is 267 Å². The van der Waals surface area contributed by atoms with Crippen molar-refractivity contribution in [2.45, 2.75) is 91.0 Å². The standard InChI is InChI=1S/C34H43FN6O5/c1-20(2)39-25-14-22(4-7-28(25)46-18-21(3)23-5-6-23)16-36-30(42)26-15-27(41-29(40-26)24(35)17-38-41)31(43)37-19-33-8-11-34(12-9-33,13-10-33)32(44)45/h14-15,17,20,39H,4-13,16,18-19H2,1-3H3,(H,36,42)(H,37,43)(H,44,45). The van der Waals surface area contributed by atoms with E-state index in [2.05, 4.69) is 46.8 Å². The second-order valence-electron chi connectivity index (χ2n) is 13.8. The van der Waals surface area contributed by atoms with Crippen LogP contribution in [0, 0.1) is 16.6 Å². The van der Waals surface area contributed by atoms with Gasteiger partial charge in [-0.3, -0.25) is 14.4 Å². The van der Waals surface area contributed by atoms with Crippen LogP contribution >= 0.6 is 0 Å². The summed E-state index contributed by atoms with van der Waals surface area (Å²) in [5, 5.41) is 23.0. The van der Waals surface area contributed by atoms with Gasteiger partial charge in [0.05, 0.1) is 17.3 Å². The van der Waals surface area contributed by atoms with Crippen LogP contribution < -0.4 is 16.0 Å². The van der Waals surface area contributed by atoms with Crippen molar-refractivity contribution in [3.05, 3.63) is 63.7 Å². The normalized spacial score (nSPS) is 23.8. The molecule has 0 unspecified atom stereocenters. The minimum absolute atomic E-state index is 0.00318. The predicted molar refractivity (Wildman–Crippen MR) is 168 cm³/mol. The van der Waals surface area contributed by atoms with E-state index in [1.165, 1.54) is 17.2 Å². The Morgan fingerprint density at radius 3 is 2.41 bits per heavy atom. The van der Waals surface area contributed by atoms with E-state index in [4.69, 9.17) is 4.74 Å². The number of aliphatic carboxylic acids is 1. The van der Waals surface area contributed by atoms with Crippen molar-refractivity contribution in [2.75, 3.05) is 19.7 Å². The number of amides is 2. The Morgan fingerprint density at radius 1 is 1.04 bits per heavy atom. The number of hydrogen-bond acceptors (Lipinski definition) is 7. The van der Waals surface area contributed by atoms with Crippen LogP contribution in [0.25, 0.3) is 5.65 Å². The number of ether oxygens (including phenoxy) is 1. The fourth-order valence-corrected chi connectivity index (χ4v) is 6.98. The molecule has 4 fully saturated rings. The summed E-state index contributed by atoms with van der Waals surface area (Å²) in [6.45, 7) is 7.44. The lowest BCUT2D eigenvalue weighted by molar-refractivity contribution is -0.158. The Bertz CT molecular complexity index is 1640. The third kappa shape index (κ3) is 6.52. The minimum atomic E-state index is -0.739. The van der Waals surface area contributed by atoms with Gasteiger partial charge in [0.1, 0.15) is 23.8 Å². The maximum atomic E-state index is 14.7. The molecule has 4 saturated carbocycles. The van der Waals surface area contributed by atoms with Crippen LogP contribution in [0.5, 0.6) is 0 Å². The first-order valence-electron chi connectivity index (χ1n) is 16.3. The van der Waals surface area contributed by atoms with Gasteiger partial charge in [-0.05, 0) is 101 Å². The van der Waals surface area contributed by atoms with Gasteiger partial charge in [0.15, 0.2) is 11.5 Å². The zero-order valence-corrected chi connectivity index (χ0v) is 26.8. The Morgan fingerprint density at radius 2 is 1.76 bits per heavy atom. The molecule has 12 heteroatoms. The lowest BCUT2D eigenvalue weighted by atomic mass is 9.53. The van der Waals surface area contributed by atoms with Crippen molar-refractivity contribution in [3.63, 3.8) is 0 Å². The van der Waals surface area contributed by atoms with Crippen LogP contribution in [-0.4, -0.2) is 63.2 Å². The van der Waals surface area contributed by atoms with E-state index in [-0.39, 0.29) is 35.0 Å². The van der Waals surface area contributed by atoms with E-state index in [1.807, 2.05) is 6.08 Å². The Hall–Kier alpha value is -4.22. The molecule has 0 aromatic carbocycles. The highest BCUT2D eigenvalue weighted by Gasteiger charge is 2.52. The Balaban J connectivity index is 1.13. The average Bonchev–Trinajstić information content (AvgIpc) is 3.84. The second-order valence-corrected chi connectivity index (χ2v) is 13.8. The first-order chi connectivity index (χ1) is 22.0. The Kier molecular flexibility index (Phi) is 8.64. The maximum Gasteiger partial charge on any atom is 0.309 e. The topological polar surface area (TPSA) is 147 Å². The fraction of sp³-hybridized carbons (Fsp3) is 0.559. The molecule has 0 atom stereocenters. The van der Waals surface area contributed by atoms with Crippen molar-refractivity contribution in [3.8, 4) is 0 Å². The number of allylic oxidation sites excluding steroid dienone is 3. The van der Waals surface area contributed by atoms with E-state index in [1.54, 1.807) is 0 Å². The smallest absolute Gasteiger partial charge is 0.309 e. The highest BCUT2D eigenvalue weighted by atomic mass is 19.1. The summed E-state index contributed by atoms with van der Waals surface area (Å²) in [7, 11) is 0. The number of nitrogens with one attached hydrogen (secondary N) is 3. The summed E-state index contributed by atoms with van der Waals surface area (Å²) in [5.74, 6) is -1.59. The molecule has 2 aromatic rings. The van der Waals surface area contributed by atoms with Crippen molar-refractivity contribution in [2.24, 2.45) is 10.8 Å². The number of hydrogen-bond donors (Lipinski definition) is 4. The molecule has 46 heavy (non-hydrogen) atoms. The molecule has 246 valence electrons. The van der Waals surface area contributed by atoms with Gasteiger partial charge >= 0.3 is 5.97 Å². The van der Waals surface area contributed by atoms with Crippen LogP contribution in [0.1, 0.15) is 106 Å². The van der Waals surface area contributed by atoms with Crippen LogP contribution in [0.2, 0.25) is 0 Å². The first kappa shape index (κ1) is 31.7. The summed E-state index contributed by atoms with van der Waals surface area (Å²) < 4.78 is 22.0. The van der Waals surface area contributed by atoms with E-state index < -0.39 is 29.0 Å². The monoisotopic (exact) mass is 634 g/mol. The number of carboxylic acids is 1.